The quantitative estimate of drug-likeness (QED) is 0.534. The number of nitrogens with zero attached hydrogens (tertiary/aromatic N) is 4. The van der Waals surface area contributed by atoms with Gasteiger partial charge in [-0.25, -0.2) is 4.90 Å². The molecule has 0 atom stereocenters. The predicted molar refractivity (Wildman–Crippen MR) is 120 cm³/mol. The molecule has 154 valence electrons. The number of carbonyl (C=O) groups is 2. The summed E-state index contributed by atoms with van der Waals surface area (Å²) < 4.78 is 0. The molecule has 1 aromatic carbocycles. The van der Waals surface area contributed by atoms with Crippen LogP contribution in [0.1, 0.15) is 22.9 Å². The van der Waals surface area contributed by atoms with Gasteiger partial charge < -0.3 is 4.90 Å². The Bertz CT molecular complexity index is 1160. The van der Waals surface area contributed by atoms with Gasteiger partial charge in [-0.05, 0) is 66.8 Å². The Morgan fingerprint density at radius 3 is 2.42 bits per heavy atom. The number of amides is 2. The minimum Gasteiger partial charge on any atom is -0.366 e. The van der Waals surface area contributed by atoms with E-state index in [9.17, 15) is 9.59 Å². The van der Waals surface area contributed by atoms with Crippen LogP contribution in [0.3, 0.4) is 0 Å². The number of anilines is 1. The molecule has 0 unspecified atom stereocenters. The van der Waals surface area contributed by atoms with Gasteiger partial charge in [0.15, 0.2) is 0 Å². The Balaban J connectivity index is 1.71. The fraction of sp³-hybridized carbons (Fsp3) is 0.167. The maximum atomic E-state index is 13.5. The van der Waals surface area contributed by atoms with Crippen molar-refractivity contribution in [3.05, 3.63) is 88.0 Å². The molecule has 1 aliphatic heterocycles. The summed E-state index contributed by atoms with van der Waals surface area (Å²) in [4.78, 5) is 34.9. The Morgan fingerprint density at radius 2 is 1.81 bits per heavy atom. The number of likely N-dealkylation sites (N-methyl/N-ethyl adjacent to an activating group) is 1. The summed E-state index contributed by atoms with van der Waals surface area (Å²) in [7, 11) is 0. The molecule has 4 rings (SSSR count). The van der Waals surface area contributed by atoms with E-state index in [-0.39, 0.29) is 11.8 Å². The van der Waals surface area contributed by atoms with Crippen molar-refractivity contribution in [2.75, 3.05) is 18.0 Å². The molecule has 0 saturated carbocycles. The van der Waals surface area contributed by atoms with E-state index in [1.165, 1.54) is 16.2 Å². The fourth-order valence-electron chi connectivity index (χ4n) is 3.62. The van der Waals surface area contributed by atoms with Gasteiger partial charge in [0.1, 0.15) is 5.70 Å². The highest BCUT2D eigenvalue weighted by Crippen LogP contribution is 2.36. The van der Waals surface area contributed by atoms with Crippen molar-refractivity contribution in [2.24, 2.45) is 0 Å². The van der Waals surface area contributed by atoms with E-state index < -0.39 is 0 Å². The number of carbonyl (C=O) groups excluding carboxylic acids is 2. The molecule has 31 heavy (non-hydrogen) atoms. The second kappa shape index (κ2) is 8.94. The Kier molecular flexibility index (Phi) is 5.92. The molecular weight excluding hydrogens is 408 g/mol. The van der Waals surface area contributed by atoms with Crippen LogP contribution in [0.5, 0.6) is 0 Å². The summed E-state index contributed by atoms with van der Waals surface area (Å²) >= 11 is 1.44. The number of hydrogen-bond acceptors (Lipinski definition) is 6. The Hall–Kier alpha value is -3.76. The second-order valence-electron chi connectivity index (χ2n) is 6.99. The number of rotatable bonds is 7. The number of aromatic nitrogens is 1. The molecule has 3 heterocycles. The lowest BCUT2D eigenvalue weighted by Gasteiger charge is -2.24. The van der Waals surface area contributed by atoms with Crippen molar-refractivity contribution in [3.8, 4) is 6.07 Å². The molecular formula is C24H20N4O2S. The standard InChI is InChI=1S/C24H20N4O2S/c1-2-27(14-11-17-9-12-26-13-10-17)22-21(20-4-3-15-31-20)23(29)28(24(22)30)19-7-5-18(16-25)6-8-19/h3-10,12-13,15H,2,11,14H2,1H3. The van der Waals surface area contributed by atoms with Crippen LogP contribution in [0.25, 0.3) is 5.57 Å². The van der Waals surface area contributed by atoms with Crippen LogP contribution in [-0.4, -0.2) is 34.8 Å². The van der Waals surface area contributed by atoms with E-state index in [0.717, 1.165) is 16.9 Å². The predicted octanol–water partition coefficient (Wildman–Crippen LogP) is 3.86. The van der Waals surface area contributed by atoms with E-state index in [2.05, 4.69) is 11.1 Å². The zero-order valence-electron chi connectivity index (χ0n) is 17.0. The molecule has 0 bridgehead atoms. The summed E-state index contributed by atoms with van der Waals surface area (Å²) in [5.41, 5.74) is 2.91. The first-order valence-electron chi connectivity index (χ1n) is 9.95. The van der Waals surface area contributed by atoms with Gasteiger partial charge in [-0.1, -0.05) is 6.07 Å². The van der Waals surface area contributed by atoms with Crippen LogP contribution in [0.15, 0.2) is 72.0 Å². The largest absolute Gasteiger partial charge is 0.366 e. The fourth-order valence-corrected chi connectivity index (χ4v) is 4.38. The van der Waals surface area contributed by atoms with Crippen LogP contribution in [0.4, 0.5) is 5.69 Å². The van der Waals surface area contributed by atoms with Crippen LogP contribution in [-0.2, 0) is 16.0 Å². The highest BCUT2D eigenvalue weighted by atomic mass is 32.1. The van der Waals surface area contributed by atoms with Gasteiger partial charge in [-0.3, -0.25) is 14.6 Å². The van der Waals surface area contributed by atoms with Crippen molar-refractivity contribution < 1.29 is 9.59 Å². The lowest BCUT2D eigenvalue weighted by molar-refractivity contribution is -0.120. The molecule has 0 spiro atoms. The molecule has 0 fully saturated rings. The molecule has 1 aliphatic rings. The maximum Gasteiger partial charge on any atom is 0.282 e. The van der Waals surface area contributed by atoms with E-state index in [4.69, 9.17) is 5.26 Å². The number of hydrogen-bond donors (Lipinski definition) is 0. The zero-order valence-corrected chi connectivity index (χ0v) is 17.8. The topological polar surface area (TPSA) is 77.3 Å². The molecule has 2 amide bonds. The third kappa shape index (κ3) is 3.98. The summed E-state index contributed by atoms with van der Waals surface area (Å²) in [5, 5.41) is 10.9. The monoisotopic (exact) mass is 428 g/mol. The van der Waals surface area contributed by atoms with Crippen LogP contribution >= 0.6 is 11.3 Å². The van der Waals surface area contributed by atoms with E-state index in [1.54, 1.807) is 36.7 Å². The van der Waals surface area contributed by atoms with E-state index in [0.29, 0.717) is 35.6 Å². The van der Waals surface area contributed by atoms with Gasteiger partial charge in [0.05, 0.1) is 22.9 Å². The van der Waals surface area contributed by atoms with Gasteiger partial charge in [0.25, 0.3) is 11.8 Å². The van der Waals surface area contributed by atoms with Crippen molar-refractivity contribution in [1.29, 1.82) is 5.26 Å². The lowest BCUT2D eigenvalue weighted by atomic mass is 10.1. The molecule has 3 aromatic rings. The van der Waals surface area contributed by atoms with Gasteiger partial charge >= 0.3 is 0 Å². The molecule has 0 N–H and O–H groups in total. The smallest absolute Gasteiger partial charge is 0.282 e. The van der Waals surface area contributed by atoms with Crippen molar-refractivity contribution in [3.63, 3.8) is 0 Å². The summed E-state index contributed by atoms with van der Waals surface area (Å²) in [6.45, 7) is 3.17. The zero-order chi connectivity index (χ0) is 21.8. The van der Waals surface area contributed by atoms with Gasteiger partial charge in [0.2, 0.25) is 0 Å². The minimum atomic E-state index is -0.338. The number of thiophene rings is 1. The highest BCUT2D eigenvalue weighted by molar-refractivity contribution is 7.11. The Morgan fingerprint density at radius 1 is 1.06 bits per heavy atom. The molecule has 6 nitrogen and oxygen atoms in total. The normalized spacial score (nSPS) is 13.6. The van der Waals surface area contributed by atoms with Crippen molar-refractivity contribution in [2.45, 2.75) is 13.3 Å². The first-order chi connectivity index (χ1) is 15.1. The summed E-state index contributed by atoms with van der Waals surface area (Å²) in [5.74, 6) is -0.677. The first-order valence-corrected chi connectivity index (χ1v) is 10.8. The van der Waals surface area contributed by atoms with Gasteiger partial charge in [-0.15, -0.1) is 11.3 Å². The molecule has 0 aliphatic carbocycles. The van der Waals surface area contributed by atoms with E-state index in [1.807, 2.05) is 41.5 Å². The van der Waals surface area contributed by atoms with Gasteiger partial charge in [0, 0.05) is 30.4 Å². The van der Waals surface area contributed by atoms with Crippen LogP contribution < -0.4 is 4.90 Å². The summed E-state index contributed by atoms with van der Waals surface area (Å²) in [6.07, 6.45) is 4.23. The number of imide groups is 1. The maximum absolute atomic E-state index is 13.5. The summed E-state index contributed by atoms with van der Waals surface area (Å²) in [6, 6.07) is 16.2. The van der Waals surface area contributed by atoms with Crippen molar-refractivity contribution >= 4 is 34.4 Å². The minimum absolute atomic E-state index is 0.338. The highest BCUT2D eigenvalue weighted by Gasteiger charge is 2.42. The second-order valence-corrected chi connectivity index (χ2v) is 7.94. The lowest BCUT2D eigenvalue weighted by Crippen LogP contribution is -2.36. The third-order valence-electron chi connectivity index (χ3n) is 5.20. The number of nitriles is 1. The Labute approximate surface area is 184 Å². The number of pyridine rings is 1. The SMILES string of the molecule is CCN(CCc1ccncc1)C1=C(c2cccs2)C(=O)N(c2ccc(C#N)cc2)C1=O. The average molecular weight is 429 g/mol. The van der Waals surface area contributed by atoms with Crippen LogP contribution in [0.2, 0.25) is 0 Å². The van der Waals surface area contributed by atoms with E-state index >= 15 is 0 Å². The van der Waals surface area contributed by atoms with Crippen molar-refractivity contribution in [1.82, 2.24) is 9.88 Å². The van der Waals surface area contributed by atoms with Crippen LogP contribution in [0, 0.1) is 11.3 Å². The number of benzene rings is 1. The molecule has 0 saturated heterocycles. The molecule has 7 heteroatoms. The molecule has 2 aromatic heterocycles. The van der Waals surface area contributed by atoms with Gasteiger partial charge in [-0.2, -0.15) is 5.26 Å². The first kappa shape index (κ1) is 20.5. The molecule has 0 radical (unpaired) electrons. The average Bonchev–Trinajstić information content (AvgIpc) is 3.42. The third-order valence-corrected chi connectivity index (χ3v) is 6.09.